The minimum Gasteiger partial charge on any atom is -0.489 e. The van der Waals surface area contributed by atoms with Gasteiger partial charge in [0.15, 0.2) is 0 Å². The van der Waals surface area contributed by atoms with Crippen molar-refractivity contribution in [3.8, 4) is 5.75 Å². The average molecular weight is 455 g/mol. The summed E-state index contributed by atoms with van der Waals surface area (Å²) in [5.41, 5.74) is 5.49. The maximum Gasteiger partial charge on any atom is 0.335 e. The molecule has 1 heterocycles. The number of amides is 4. The van der Waals surface area contributed by atoms with Gasteiger partial charge in [-0.15, -0.1) is 0 Å². The molecular formula is C28H26N2O4. The highest BCUT2D eigenvalue weighted by molar-refractivity contribution is 6.39. The number of rotatable bonds is 6. The molecule has 1 fully saturated rings. The predicted molar refractivity (Wildman–Crippen MR) is 132 cm³/mol. The van der Waals surface area contributed by atoms with Crippen LogP contribution in [0.2, 0.25) is 0 Å². The van der Waals surface area contributed by atoms with Crippen molar-refractivity contribution in [3.05, 3.63) is 100 Å². The first-order valence-electron chi connectivity index (χ1n) is 11.1. The number of carbonyl (C=O) groups excluding carboxylic acids is 3. The molecule has 0 bridgehead atoms. The van der Waals surface area contributed by atoms with Crippen molar-refractivity contribution in [3.63, 3.8) is 0 Å². The second-order valence-electron chi connectivity index (χ2n) is 8.33. The highest BCUT2D eigenvalue weighted by atomic mass is 16.5. The summed E-state index contributed by atoms with van der Waals surface area (Å²) in [7, 11) is 0. The Morgan fingerprint density at radius 2 is 1.50 bits per heavy atom. The van der Waals surface area contributed by atoms with Crippen LogP contribution in [0.15, 0.2) is 72.3 Å². The lowest BCUT2D eigenvalue weighted by molar-refractivity contribution is -0.122. The molecule has 4 rings (SSSR count). The van der Waals surface area contributed by atoms with Gasteiger partial charge in [-0.1, -0.05) is 60.5 Å². The molecule has 1 aliphatic rings. The van der Waals surface area contributed by atoms with Crippen LogP contribution in [-0.2, 0) is 22.6 Å². The Labute approximate surface area is 198 Å². The Bertz CT molecular complexity index is 1250. The molecule has 0 spiro atoms. The molecule has 3 aromatic carbocycles. The van der Waals surface area contributed by atoms with Crippen molar-refractivity contribution in [2.75, 3.05) is 4.90 Å². The van der Waals surface area contributed by atoms with Gasteiger partial charge >= 0.3 is 6.03 Å². The van der Waals surface area contributed by atoms with E-state index in [0.29, 0.717) is 23.6 Å². The summed E-state index contributed by atoms with van der Waals surface area (Å²) < 4.78 is 5.88. The summed E-state index contributed by atoms with van der Waals surface area (Å²) in [6.45, 7) is 6.57. The fraction of sp³-hybridized carbons (Fsp3) is 0.179. The maximum absolute atomic E-state index is 13.0. The number of barbiturate groups is 1. The number of ether oxygens (including phenoxy) is 1. The Morgan fingerprint density at radius 3 is 2.12 bits per heavy atom. The molecule has 1 N–H and O–H groups in total. The summed E-state index contributed by atoms with van der Waals surface area (Å²) in [4.78, 5) is 38.8. The summed E-state index contributed by atoms with van der Waals surface area (Å²) >= 11 is 0. The van der Waals surface area contributed by atoms with E-state index in [1.54, 1.807) is 36.4 Å². The van der Waals surface area contributed by atoms with E-state index in [1.807, 2.05) is 19.1 Å². The standard InChI is InChI=1S/C28H26N2O4/c1-4-20-5-9-23(10-6-20)30-27(32)25(26(31)29-28(30)33)16-21-7-11-24(12-8-21)34-17-22-14-18(2)13-19(3)15-22/h5-16H,4,17H2,1-3H3,(H,29,31,33)/b25-16+. The van der Waals surface area contributed by atoms with E-state index >= 15 is 0 Å². The molecule has 0 atom stereocenters. The first kappa shape index (κ1) is 23.0. The molecule has 0 saturated carbocycles. The summed E-state index contributed by atoms with van der Waals surface area (Å²) in [6, 6.07) is 19.7. The van der Waals surface area contributed by atoms with Gasteiger partial charge in [-0.05, 0) is 67.3 Å². The third-order valence-corrected chi connectivity index (χ3v) is 5.58. The lowest BCUT2D eigenvalue weighted by Gasteiger charge is -2.26. The van der Waals surface area contributed by atoms with E-state index in [4.69, 9.17) is 4.74 Å². The highest BCUT2D eigenvalue weighted by Gasteiger charge is 2.36. The molecule has 6 heteroatoms. The lowest BCUT2D eigenvalue weighted by Crippen LogP contribution is -2.54. The van der Waals surface area contributed by atoms with Crippen molar-refractivity contribution < 1.29 is 19.1 Å². The summed E-state index contributed by atoms with van der Waals surface area (Å²) in [5.74, 6) is -0.701. The van der Waals surface area contributed by atoms with Crippen LogP contribution in [-0.4, -0.2) is 17.8 Å². The molecule has 0 aliphatic carbocycles. The monoisotopic (exact) mass is 454 g/mol. The van der Waals surface area contributed by atoms with Crippen LogP contribution in [0.1, 0.15) is 34.7 Å². The summed E-state index contributed by atoms with van der Waals surface area (Å²) in [5, 5.41) is 2.25. The quantitative estimate of drug-likeness (QED) is 0.415. The number of aryl methyl sites for hydroxylation is 3. The van der Waals surface area contributed by atoms with E-state index in [1.165, 1.54) is 17.2 Å². The number of nitrogens with zero attached hydrogens (tertiary/aromatic N) is 1. The molecule has 0 aromatic heterocycles. The maximum atomic E-state index is 13.0. The number of hydrogen-bond donors (Lipinski definition) is 1. The molecule has 34 heavy (non-hydrogen) atoms. The Hall–Kier alpha value is -4.19. The van der Waals surface area contributed by atoms with Crippen LogP contribution < -0.4 is 15.0 Å². The minimum absolute atomic E-state index is 0.108. The highest BCUT2D eigenvalue weighted by Crippen LogP contribution is 2.23. The van der Waals surface area contributed by atoms with Gasteiger partial charge in [-0.25, -0.2) is 9.69 Å². The molecule has 4 amide bonds. The first-order chi connectivity index (χ1) is 16.3. The van der Waals surface area contributed by atoms with Crippen LogP contribution in [0.25, 0.3) is 6.08 Å². The van der Waals surface area contributed by atoms with Crippen LogP contribution in [0.5, 0.6) is 5.75 Å². The van der Waals surface area contributed by atoms with Crippen molar-refractivity contribution in [1.82, 2.24) is 5.32 Å². The van der Waals surface area contributed by atoms with Crippen molar-refractivity contribution in [2.24, 2.45) is 0 Å². The molecule has 0 radical (unpaired) electrons. The number of hydrogen-bond acceptors (Lipinski definition) is 4. The summed E-state index contributed by atoms with van der Waals surface area (Å²) in [6.07, 6.45) is 2.32. The topological polar surface area (TPSA) is 75.7 Å². The van der Waals surface area contributed by atoms with E-state index in [-0.39, 0.29) is 5.57 Å². The van der Waals surface area contributed by atoms with Crippen LogP contribution in [0, 0.1) is 13.8 Å². The van der Waals surface area contributed by atoms with E-state index in [2.05, 4.69) is 37.4 Å². The van der Waals surface area contributed by atoms with Gasteiger partial charge in [0.25, 0.3) is 11.8 Å². The number of anilines is 1. The number of carbonyl (C=O) groups is 3. The van der Waals surface area contributed by atoms with Crippen molar-refractivity contribution >= 4 is 29.6 Å². The third kappa shape index (κ3) is 5.07. The molecule has 0 unspecified atom stereocenters. The van der Waals surface area contributed by atoms with E-state index < -0.39 is 17.8 Å². The van der Waals surface area contributed by atoms with Crippen LogP contribution in [0.3, 0.4) is 0 Å². The number of urea groups is 1. The zero-order chi connectivity index (χ0) is 24.2. The second kappa shape index (κ2) is 9.75. The zero-order valence-corrected chi connectivity index (χ0v) is 19.4. The molecule has 3 aromatic rings. The molecule has 1 aliphatic heterocycles. The Balaban J connectivity index is 1.50. The third-order valence-electron chi connectivity index (χ3n) is 5.58. The van der Waals surface area contributed by atoms with Gasteiger partial charge in [-0.3, -0.25) is 14.9 Å². The van der Waals surface area contributed by atoms with Gasteiger partial charge in [0.1, 0.15) is 17.9 Å². The molecule has 6 nitrogen and oxygen atoms in total. The molecule has 172 valence electrons. The Morgan fingerprint density at radius 1 is 0.853 bits per heavy atom. The van der Waals surface area contributed by atoms with Crippen molar-refractivity contribution in [1.29, 1.82) is 0 Å². The molecular weight excluding hydrogens is 428 g/mol. The molecule has 1 saturated heterocycles. The number of benzene rings is 3. The van der Waals surface area contributed by atoms with Gasteiger partial charge < -0.3 is 4.74 Å². The largest absolute Gasteiger partial charge is 0.489 e. The van der Waals surface area contributed by atoms with Gasteiger partial charge in [0.05, 0.1) is 5.69 Å². The minimum atomic E-state index is -0.758. The zero-order valence-electron chi connectivity index (χ0n) is 19.4. The fourth-order valence-corrected chi connectivity index (χ4v) is 3.92. The van der Waals surface area contributed by atoms with Gasteiger partial charge in [0.2, 0.25) is 0 Å². The van der Waals surface area contributed by atoms with Gasteiger partial charge in [0, 0.05) is 0 Å². The number of nitrogens with one attached hydrogen (secondary N) is 1. The number of imide groups is 2. The first-order valence-corrected chi connectivity index (χ1v) is 11.1. The van der Waals surface area contributed by atoms with Crippen molar-refractivity contribution in [2.45, 2.75) is 33.8 Å². The predicted octanol–water partition coefficient (Wildman–Crippen LogP) is 5.11. The fourth-order valence-electron chi connectivity index (χ4n) is 3.92. The van der Waals surface area contributed by atoms with Crippen LogP contribution in [0.4, 0.5) is 10.5 Å². The van der Waals surface area contributed by atoms with Gasteiger partial charge in [-0.2, -0.15) is 0 Å². The normalized spacial score (nSPS) is 15.0. The van der Waals surface area contributed by atoms with E-state index in [9.17, 15) is 14.4 Å². The SMILES string of the molecule is CCc1ccc(N2C(=O)NC(=O)/C(=C\c3ccc(OCc4cc(C)cc(C)c4)cc3)C2=O)cc1. The van der Waals surface area contributed by atoms with E-state index in [0.717, 1.165) is 22.4 Å². The smallest absolute Gasteiger partial charge is 0.335 e. The van der Waals surface area contributed by atoms with Crippen LogP contribution >= 0.6 is 0 Å². The Kier molecular flexibility index (Phi) is 6.59. The lowest BCUT2D eigenvalue weighted by atomic mass is 10.1. The average Bonchev–Trinajstić information content (AvgIpc) is 2.81. The second-order valence-corrected chi connectivity index (χ2v) is 8.33.